The van der Waals surface area contributed by atoms with Crippen molar-refractivity contribution < 1.29 is 9.53 Å². The highest BCUT2D eigenvalue weighted by Gasteiger charge is 2.23. The minimum atomic E-state index is -0.0490. The summed E-state index contributed by atoms with van der Waals surface area (Å²) in [4.78, 5) is 15.9. The Balaban J connectivity index is 1.33. The molecule has 1 aliphatic rings. The monoisotopic (exact) mass is 382 g/mol. The number of amides is 1. The van der Waals surface area contributed by atoms with Crippen molar-refractivity contribution in [1.29, 1.82) is 0 Å². The van der Waals surface area contributed by atoms with Crippen molar-refractivity contribution in [1.82, 2.24) is 15.5 Å². The van der Waals surface area contributed by atoms with Crippen LogP contribution in [0, 0.1) is 0 Å². The average molecular weight is 382 g/mol. The number of carbonyl (C=O) groups excluding carboxylic acids is 1. The van der Waals surface area contributed by atoms with Crippen LogP contribution in [0.4, 0.5) is 5.82 Å². The van der Waals surface area contributed by atoms with Crippen LogP contribution in [0.1, 0.15) is 23.2 Å². The number of H-pyrrole nitrogens is 1. The molecule has 6 nitrogen and oxygen atoms in total. The van der Waals surface area contributed by atoms with Crippen LogP contribution in [0.3, 0.4) is 0 Å². The van der Waals surface area contributed by atoms with Gasteiger partial charge in [-0.2, -0.15) is 5.10 Å². The van der Waals surface area contributed by atoms with Crippen molar-refractivity contribution in [3.63, 3.8) is 0 Å². The summed E-state index contributed by atoms with van der Waals surface area (Å²) in [6, 6.07) is 13.6. The van der Waals surface area contributed by atoms with Crippen LogP contribution in [0.2, 0.25) is 0 Å². The number of aromatic nitrogens is 2. The van der Waals surface area contributed by atoms with Gasteiger partial charge < -0.3 is 15.0 Å². The Hall–Kier alpha value is -2.80. The number of thiophene rings is 1. The number of ether oxygens (including phenoxy) is 1. The third kappa shape index (κ3) is 3.98. The van der Waals surface area contributed by atoms with Crippen LogP contribution in [0.5, 0.6) is 5.75 Å². The molecule has 140 valence electrons. The maximum Gasteiger partial charge on any atom is 0.251 e. The van der Waals surface area contributed by atoms with Gasteiger partial charge in [0.15, 0.2) is 5.82 Å². The first kappa shape index (κ1) is 17.6. The van der Waals surface area contributed by atoms with E-state index in [0.717, 1.165) is 37.4 Å². The van der Waals surface area contributed by atoms with Crippen molar-refractivity contribution in [2.75, 3.05) is 25.1 Å². The Labute approximate surface area is 162 Å². The van der Waals surface area contributed by atoms with E-state index in [-0.39, 0.29) is 11.9 Å². The van der Waals surface area contributed by atoms with E-state index in [1.54, 1.807) is 24.5 Å². The number of methoxy groups -OCH3 is 1. The van der Waals surface area contributed by atoms with Gasteiger partial charge in [-0.15, -0.1) is 11.3 Å². The number of nitrogens with one attached hydrogen (secondary N) is 2. The molecular formula is C20H22N4O2S. The zero-order valence-electron chi connectivity index (χ0n) is 15.1. The third-order valence-electron chi connectivity index (χ3n) is 4.84. The van der Waals surface area contributed by atoms with E-state index in [9.17, 15) is 4.79 Å². The summed E-state index contributed by atoms with van der Waals surface area (Å²) in [7, 11) is 1.60. The summed E-state index contributed by atoms with van der Waals surface area (Å²) in [6.45, 7) is 1.75. The van der Waals surface area contributed by atoms with E-state index in [0.29, 0.717) is 11.3 Å². The lowest BCUT2D eigenvalue weighted by molar-refractivity contribution is 0.0930. The first-order chi connectivity index (χ1) is 13.2. The predicted molar refractivity (Wildman–Crippen MR) is 108 cm³/mol. The van der Waals surface area contributed by atoms with Gasteiger partial charge in [0.05, 0.1) is 17.7 Å². The highest BCUT2D eigenvalue weighted by atomic mass is 32.1. The van der Waals surface area contributed by atoms with Gasteiger partial charge in [0, 0.05) is 30.8 Å². The quantitative estimate of drug-likeness (QED) is 0.708. The van der Waals surface area contributed by atoms with Crippen LogP contribution in [-0.2, 0) is 0 Å². The Kier molecular flexibility index (Phi) is 5.11. The van der Waals surface area contributed by atoms with Crippen molar-refractivity contribution in [2.24, 2.45) is 0 Å². The molecule has 0 aliphatic carbocycles. The predicted octanol–water partition coefficient (Wildman–Crippen LogP) is 3.55. The zero-order valence-corrected chi connectivity index (χ0v) is 16.0. The van der Waals surface area contributed by atoms with Gasteiger partial charge >= 0.3 is 0 Å². The lowest BCUT2D eigenvalue weighted by atomic mass is 10.0. The van der Waals surface area contributed by atoms with Gasteiger partial charge in [-0.1, -0.05) is 12.1 Å². The average Bonchev–Trinajstić information content (AvgIpc) is 3.40. The smallest absolute Gasteiger partial charge is 0.251 e. The van der Waals surface area contributed by atoms with E-state index >= 15 is 0 Å². The Morgan fingerprint density at radius 3 is 2.85 bits per heavy atom. The maximum atomic E-state index is 12.5. The second-order valence-electron chi connectivity index (χ2n) is 6.58. The molecule has 1 saturated heterocycles. The first-order valence-electron chi connectivity index (χ1n) is 9.02. The molecule has 2 aromatic heterocycles. The Morgan fingerprint density at radius 2 is 2.11 bits per heavy atom. The molecule has 0 spiro atoms. The lowest BCUT2D eigenvalue weighted by Gasteiger charge is -2.32. The van der Waals surface area contributed by atoms with Gasteiger partial charge in [-0.25, -0.2) is 0 Å². The summed E-state index contributed by atoms with van der Waals surface area (Å²) >= 11 is 1.70. The third-order valence-corrected chi connectivity index (χ3v) is 5.74. The highest BCUT2D eigenvalue weighted by molar-refractivity contribution is 7.13. The molecule has 7 heteroatoms. The number of carbonyl (C=O) groups is 1. The standard InChI is InChI=1S/C20H22N4O2S/c1-26-16-5-2-4-14(12-16)20(25)21-15-7-9-24(10-8-15)19-13-17(22-23-19)18-6-3-11-27-18/h2-6,11-13,15H,7-10H2,1H3,(H,21,25)(H,22,23). The molecule has 4 rings (SSSR count). The number of anilines is 1. The minimum Gasteiger partial charge on any atom is -0.497 e. The number of aromatic amines is 1. The fraction of sp³-hybridized carbons (Fsp3) is 0.300. The molecule has 2 N–H and O–H groups in total. The van der Waals surface area contributed by atoms with E-state index in [2.05, 4.69) is 37.9 Å². The van der Waals surface area contributed by atoms with Gasteiger partial charge in [-0.3, -0.25) is 9.89 Å². The number of piperidine rings is 1. The summed E-state index contributed by atoms with van der Waals surface area (Å²) in [6.07, 6.45) is 1.80. The van der Waals surface area contributed by atoms with Crippen LogP contribution < -0.4 is 15.0 Å². The molecule has 3 aromatic rings. The normalized spacial score (nSPS) is 14.9. The van der Waals surface area contributed by atoms with Gasteiger partial charge in [-0.05, 0) is 42.5 Å². The topological polar surface area (TPSA) is 70.2 Å². The van der Waals surface area contributed by atoms with Gasteiger partial charge in [0.25, 0.3) is 5.91 Å². The molecule has 3 heterocycles. The number of benzene rings is 1. The maximum absolute atomic E-state index is 12.5. The highest BCUT2D eigenvalue weighted by Crippen LogP contribution is 2.27. The largest absolute Gasteiger partial charge is 0.497 e. The fourth-order valence-electron chi connectivity index (χ4n) is 3.32. The van der Waals surface area contributed by atoms with Crippen LogP contribution in [0.15, 0.2) is 47.8 Å². The molecule has 0 atom stereocenters. The van der Waals surface area contributed by atoms with E-state index in [1.807, 2.05) is 24.3 Å². The molecule has 0 radical (unpaired) electrons. The SMILES string of the molecule is COc1cccc(C(=O)NC2CCN(c3cc(-c4cccs4)[nH]n3)CC2)c1. The van der Waals surface area contributed by atoms with Crippen molar-refractivity contribution in [2.45, 2.75) is 18.9 Å². The van der Waals surface area contributed by atoms with Crippen LogP contribution in [-0.4, -0.2) is 42.3 Å². The first-order valence-corrected chi connectivity index (χ1v) is 9.90. The number of hydrogen-bond acceptors (Lipinski definition) is 5. The molecule has 1 fully saturated rings. The van der Waals surface area contributed by atoms with Crippen molar-refractivity contribution in [3.8, 4) is 16.3 Å². The molecule has 1 aliphatic heterocycles. The van der Waals surface area contributed by atoms with E-state index < -0.39 is 0 Å². The molecule has 0 bridgehead atoms. The van der Waals surface area contributed by atoms with Crippen molar-refractivity contribution in [3.05, 3.63) is 53.4 Å². The summed E-state index contributed by atoms with van der Waals surface area (Å²) in [5.41, 5.74) is 1.68. The molecule has 27 heavy (non-hydrogen) atoms. The van der Waals surface area contributed by atoms with Gasteiger partial charge in [0.2, 0.25) is 0 Å². The van der Waals surface area contributed by atoms with Crippen LogP contribution >= 0.6 is 11.3 Å². The zero-order chi connectivity index (χ0) is 18.6. The molecule has 1 aromatic carbocycles. The molecular weight excluding hydrogens is 360 g/mol. The van der Waals surface area contributed by atoms with Crippen molar-refractivity contribution >= 4 is 23.1 Å². The molecule has 0 saturated carbocycles. The Bertz CT molecular complexity index is 898. The molecule has 0 unspecified atom stereocenters. The lowest BCUT2D eigenvalue weighted by Crippen LogP contribution is -2.44. The fourth-order valence-corrected chi connectivity index (χ4v) is 4.01. The second-order valence-corrected chi connectivity index (χ2v) is 7.53. The molecule has 1 amide bonds. The number of hydrogen-bond donors (Lipinski definition) is 2. The van der Waals surface area contributed by atoms with Crippen LogP contribution in [0.25, 0.3) is 10.6 Å². The Morgan fingerprint density at radius 1 is 1.26 bits per heavy atom. The van der Waals surface area contributed by atoms with Gasteiger partial charge in [0.1, 0.15) is 5.75 Å². The van der Waals surface area contributed by atoms with E-state index in [1.165, 1.54) is 4.88 Å². The summed E-state index contributed by atoms with van der Waals surface area (Å²) in [5, 5.41) is 12.8. The summed E-state index contributed by atoms with van der Waals surface area (Å²) in [5.74, 6) is 1.61. The summed E-state index contributed by atoms with van der Waals surface area (Å²) < 4.78 is 5.19. The number of rotatable bonds is 5. The number of nitrogens with zero attached hydrogens (tertiary/aromatic N) is 2. The second kappa shape index (κ2) is 7.84. The minimum absolute atomic E-state index is 0.0490. The van der Waals surface area contributed by atoms with E-state index in [4.69, 9.17) is 4.74 Å².